The third-order valence-corrected chi connectivity index (χ3v) is 4.43. The Bertz CT molecular complexity index is 1200. The van der Waals surface area contributed by atoms with E-state index in [0.717, 1.165) is 16.7 Å². The molecule has 0 atom stereocenters. The second-order valence-corrected chi connectivity index (χ2v) is 6.03. The summed E-state index contributed by atoms with van der Waals surface area (Å²) in [5.74, 6) is 0.375. The van der Waals surface area contributed by atoms with Gasteiger partial charge in [-0.15, -0.1) is 0 Å². The molecule has 126 valence electrons. The average molecular weight is 341 g/mol. The van der Waals surface area contributed by atoms with Gasteiger partial charge in [-0.1, -0.05) is 42.5 Å². The Morgan fingerprint density at radius 2 is 1.92 bits per heavy atom. The maximum Gasteiger partial charge on any atom is 0.277 e. The van der Waals surface area contributed by atoms with Crippen LogP contribution in [0.5, 0.6) is 0 Å². The Kier molecular flexibility index (Phi) is 3.82. The quantitative estimate of drug-likeness (QED) is 0.621. The van der Waals surface area contributed by atoms with Crippen LogP contribution in [-0.2, 0) is 6.42 Å². The van der Waals surface area contributed by atoms with E-state index in [2.05, 4.69) is 21.1 Å². The Hall–Kier alpha value is -3.72. The molecule has 0 unspecified atom stereocenters. The molecule has 6 heteroatoms. The smallest absolute Gasteiger partial charge is 0.277 e. The molecular weight excluding hydrogens is 326 g/mol. The maximum absolute atomic E-state index is 12.6. The van der Waals surface area contributed by atoms with Gasteiger partial charge in [0.25, 0.3) is 11.3 Å². The number of nitrogens with zero attached hydrogens (tertiary/aromatic N) is 4. The summed E-state index contributed by atoms with van der Waals surface area (Å²) in [5, 5.41) is 12.0. The van der Waals surface area contributed by atoms with Gasteiger partial charge in [-0.3, -0.25) is 9.89 Å². The first kappa shape index (κ1) is 15.8. The van der Waals surface area contributed by atoms with Crippen LogP contribution in [0.2, 0.25) is 0 Å². The van der Waals surface area contributed by atoms with Gasteiger partial charge >= 0.3 is 0 Å². The number of hydrogen-bond donors (Lipinski definition) is 1. The number of benzene rings is 2. The Labute approximate surface area is 149 Å². The third-order valence-electron chi connectivity index (χ3n) is 4.43. The molecule has 2 aromatic carbocycles. The predicted octanol–water partition coefficient (Wildman–Crippen LogP) is 2.86. The predicted molar refractivity (Wildman–Crippen MR) is 97.7 cm³/mol. The van der Waals surface area contributed by atoms with Crippen molar-refractivity contribution in [3.05, 3.63) is 87.6 Å². The highest BCUT2D eigenvalue weighted by molar-refractivity contribution is 5.70. The first-order valence-corrected chi connectivity index (χ1v) is 8.17. The lowest BCUT2D eigenvalue weighted by molar-refractivity contribution is 0.858. The molecule has 0 aliphatic heterocycles. The molecule has 4 rings (SSSR count). The van der Waals surface area contributed by atoms with E-state index in [9.17, 15) is 10.1 Å². The number of fused-ring (bicyclic) bond motifs is 1. The molecule has 0 radical (unpaired) electrons. The second-order valence-electron chi connectivity index (χ2n) is 6.03. The van der Waals surface area contributed by atoms with Crippen molar-refractivity contribution in [2.45, 2.75) is 13.3 Å². The number of aromatic nitrogens is 4. The van der Waals surface area contributed by atoms with Gasteiger partial charge in [-0.2, -0.15) is 9.78 Å². The summed E-state index contributed by atoms with van der Waals surface area (Å²) in [6.07, 6.45) is 1.94. The summed E-state index contributed by atoms with van der Waals surface area (Å²) < 4.78 is 1.35. The fraction of sp³-hybridized carbons (Fsp3) is 0.100. The minimum Gasteiger partial charge on any atom is -0.278 e. The van der Waals surface area contributed by atoms with Crippen molar-refractivity contribution in [1.29, 1.82) is 5.26 Å². The highest BCUT2D eigenvalue weighted by atomic mass is 16.1. The topological polar surface area (TPSA) is 86.8 Å². The van der Waals surface area contributed by atoms with E-state index in [1.54, 1.807) is 6.07 Å². The molecule has 0 amide bonds. The van der Waals surface area contributed by atoms with Gasteiger partial charge in [-0.25, -0.2) is 9.97 Å². The lowest BCUT2D eigenvalue weighted by atomic mass is 9.97. The van der Waals surface area contributed by atoms with Crippen LogP contribution in [0.25, 0.3) is 16.9 Å². The summed E-state index contributed by atoms with van der Waals surface area (Å²) in [4.78, 5) is 21.0. The number of nitrogens with one attached hydrogen (secondary N) is 1. The molecule has 2 aromatic heterocycles. The van der Waals surface area contributed by atoms with Crippen LogP contribution in [0.4, 0.5) is 0 Å². The largest absolute Gasteiger partial charge is 0.278 e. The van der Waals surface area contributed by atoms with Crippen molar-refractivity contribution >= 4 is 5.78 Å². The van der Waals surface area contributed by atoms with Crippen LogP contribution in [0, 0.1) is 18.3 Å². The van der Waals surface area contributed by atoms with Gasteiger partial charge in [0.15, 0.2) is 0 Å². The number of rotatable bonds is 3. The number of hydrogen-bond acceptors (Lipinski definition) is 4. The van der Waals surface area contributed by atoms with Gasteiger partial charge < -0.3 is 0 Å². The van der Waals surface area contributed by atoms with Gasteiger partial charge in [0, 0.05) is 12.0 Å². The number of aromatic amines is 1. The summed E-state index contributed by atoms with van der Waals surface area (Å²) in [7, 11) is 0. The lowest BCUT2D eigenvalue weighted by Gasteiger charge is -2.08. The lowest BCUT2D eigenvalue weighted by Crippen LogP contribution is -2.22. The molecule has 0 bridgehead atoms. The fourth-order valence-corrected chi connectivity index (χ4v) is 3.04. The maximum atomic E-state index is 12.6. The van der Waals surface area contributed by atoms with Crippen LogP contribution in [0.1, 0.15) is 22.4 Å². The van der Waals surface area contributed by atoms with Crippen LogP contribution in [0.3, 0.4) is 0 Å². The monoisotopic (exact) mass is 341 g/mol. The zero-order valence-electron chi connectivity index (χ0n) is 14.1. The molecule has 0 saturated heterocycles. The summed E-state index contributed by atoms with van der Waals surface area (Å²) in [6.45, 7) is 1.82. The van der Waals surface area contributed by atoms with E-state index in [0.29, 0.717) is 29.0 Å². The SMILES string of the molecule is Cc1nc2nc[nH]n2c(=O)c1Cc1ccc(-c2ccccc2C#N)cc1. The summed E-state index contributed by atoms with van der Waals surface area (Å²) >= 11 is 0. The van der Waals surface area contributed by atoms with E-state index in [1.165, 1.54) is 10.8 Å². The molecule has 0 spiro atoms. The van der Waals surface area contributed by atoms with Crippen LogP contribution >= 0.6 is 0 Å². The van der Waals surface area contributed by atoms with Crippen molar-refractivity contribution in [2.75, 3.05) is 0 Å². The number of aryl methyl sites for hydroxylation is 1. The molecule has 26 heavy (non-hydrogen) atoms. The van der Waals surface area contributed by atoms with E-state index >= 15 is 0 Å². The highest BCUT2D eigenvalue weighted by Crippen LogP contribution is 2.24. The van der Waals surface area contributed by atoms with Gasteiger partial charge in [0.2, 0.25) is 0 Å². The average Bonchev–Trinajstić information content (AvgIpc) is 3.14. The molecule has 0 aliphatic carbocycles. The van der Waals surface area contributed by atoms with Crippen molar-refractivity contribution in [1.82, 2.24) is 19.6 Å². The number of nitriles is 1. The minimum atomic E-state index is -0.135. The molecular formula is C20H15N5O. The molecule has 0 aliphatic rings. The first-order chi connectivity index (χ1) is 12.7. The van der Waals surface area contributed by atoms with Crippen LogP contribution in [-0.4, -0.2) is 19.6 Å². The van der Waals surface area contributed by atoms with Crippen LogP contribution < -0.4 is 5.56 Å². The Morgan fingerprint density at radius 3 is 2.69 bits per heavy atom. The summed E-state index contributed by atoms with van der Waals surface area (Å²) in [6, 6.07) is 17.6. The molecule has 0 saturated carbocycles. The molecule has 1 N–H and O–H groups in total. The molecule has 0 fully saturated rings. The van der Waals surface area contributed by atoms with Crippen LogP contribution in [0.15, 0.2) is 59.7 Å². The van der Waals surface area contributed by atoms with Gasteiger partial charge in [0.05, 0.1) is 17.3 Å². The van der Waals surface area contributed by atoms with Crippen molar-refractivity contribution in [3.8, 4) is 17.2 Å². The van der Waals surface area contributed by atoms with Gasteiger partial charge in [-0.05, 0) is 29.7 Å². The van der Waals surface area contributed by atoms with E-state index in [4.69, 9.17) is 0 Å². The molecule has 4 aromatic rings. The molecule has 6 nitrogen and oxygen atoms in total. The van der Waals surface area contributed by atoms with Crippen molar-refractivity contribution < 1.29 is 0 Å². The fourth-order valence-electron chi connectivity index (χ4n) is 3.04. The van der Waals surface area contributed by atoms with E-state index in [1.807, 2.05) is 49.4 Å². The summed E-state index contributed by atoms with van der Waals surface area (Å²) in [5.41, 5.74) is 4.70. The van der Waals surface area contributed by atoms with Gasteiger partial charge in [0.1, 0.15) is 6.33 Å². The Balaban J connectivity index is 1.69. The van der Waals surface area contributed by atoms with Crippen molar-refractivity contribution in [2.24, 2.45) is 0 Å². The number of H-pyrrole nitrogens is 1. The molecule has 2 heterocycles. The zero-order valence-corrected chi connectivity index (χ0v) is 14.1. The Morgan fingerprint density at radius 1 is 1.15 bits per heavy atom. The highest BCUT2D eigenvalue weighted by Gasteiger charge is 2.12. The third kappa shape index (κ3) is 2.66. The van der Waals surface area contributed by atoms with E-state index < -0.39 is 0 Å². The normalized spacial score (nSPS) is 10.8. The minimum absolute atomic E-state index is 0.135. The second kappa shape index (κ2) is 6.30. The first-order valence-electron chi connectivity index (χ1n) is 8.17. The van der Waals surface area contributed by atoms with E-state index in [-0.39, 0.29) is 5.56 Å². The zero-order chi connectivity index (χ0) is 18.1. The standard InChI is InChI=1S/C20H15N5O/c1-13-18(19(26)25-20(24-13)22-12-23-25)10-14-6-8-15(9-7-14)17-5-3-2-4-16(17)11-21/h2-9,12H,10H2,1H3,(H,22,23,24). The van der Waals surface area contributed by atoms with Crippen molar-refractivity contribution in [3.63, 3.8) is 0 Å².